The van der Waals surface area contributed by atoms with E-state index in [1.54, 1.807) is 35.8 Å². The van der Waals surface area contributed by atoms with Gasteiger partial charge < -0.3 is 5.32 Å². The standard InChI is InChI=1S/C20H12ClFN4O3S/c21-15-16(19(29)26(18(15)28)14-7-3-12(22)4-8-14)24-13-5-1-11(2-6-13)17(27)25-20-23-9-10-30-20/h1-10,24H,(H,23,25,27). The van der Waals surface area contributed by atoms with Crippen molar-refractivity contribution in [2.24, 2.45) is 0 Å². The second kappa shape index (κ2) is 8.05. The average molecular weight is 443 g/mol. The van der Waals surface area contributed by atoms with Crippen molar-refractivity contribution in [2.75, 3.05) is 15.5 Å². The van der Waals surface area contributed by atoms with E-state index in [9.17, 15) is 18.8 Å². The van der Waals surface area contributed by atoms with Crippen LogP contribution < -0.4 is 15.5 Å². The Morgan fingerprint density at radius 1 is 1.03 bits per heavy atom. The lowest BCUT2D eigenvalue weighted by Crippen LogP contribution is -2.32. The molecule has 0 saturated carbocycles. The van der Waals surface area contributed by atoms with Crippen LogP contribution in [-0.2, 0) is 9.59 Å². The molecule has 0 radical (unpaired) electrons. The number of imide groups is 1. The van der Waals surface area contributed by atoms with E-state index >= 15 is 0 Å². The number of anilines is 3. The van der Waals surface area contributed by atoms with Crippen LogP contribution in [0.4, 0.5) is 20.9 Å². The van der Waals surface area contributed by atoms with Gasteiger partial charge in [0.25, 0.3) is 17.7 Å². The van der Waals surface area contributed by atoms with Crippen LogP contribution in [-0.4, -0.2) is 22.7 Å². The Morgan fingerprint density at radius 3 is 2.37 bits per heavy atom. The zero-order valence-electron chi connectivity index (χ0n) is 15.1. The van der Waals surface area contributed by atoms with E-state index in [-0.39, 0.29) is 22.3 Å². The second-order valence-corrected chi connectivity index (χ2v) is 7.38. The van der Waals surface area contributed by atoms with Gasteiger partial charge in [-0.3, -0.25) is 19.7 Å². The summed E-state index contributed by atoms with van der Waals surface area (Å²) < 4.78 is 13.1. The molecule has 0 spiro atoms. The van der Waals surface area contributed by atoms with E-state index in [1.807, 2.05) is 0 Å². The normalized spacial score (nSPS) is 13.7. The van der Waals surface area contributed by atoms with Crippen LogP contribution in [0.1, 0.15) is 10.4 Å². The molecule has 2 N–H and O–H groups in total. The molecule has 1 aromatic heterocycles. The Labute approximate surface area is 178 Å². The van der Waals surface area contributed by atoms with Crippen molar-refractivity contribution in [1.82, 2.24) is 4.98 Å². The van der Waals surface area contributed by atoms with E-state index in [1.165, 1.54) is 23.5 Å². The van der Waals surface area contributed by atoms with Gasteiger partial charge in [0.2, 0.25) is 0 Å². The van der Waals surface area contributed by atoms with Crippen LogP contribution >= 0.6 is 22.9 Å². The zero-order chi connectivity index (χ0) is 21.3. The Hall–Kier alpha value is -3.56. The van der Waals surface area contributed by atoms with Gasteiger partial charge in [0.1, 0.15) is 16.5 Å². The van der Waals surface area contributed by atoms with Crippen molar-refractivity contribution in [3.63, 3.8) is 0 Å². The third-order valence-corrected chi connectivity index (χ3v) is 5.22. The lowest BCUT2D eigenvalue weighted by atomic mass is 10.2. The molecule has 0 fully saturated rings. The van der Waals surface area contributed by atoms with E-state index in [0.717, 1.165) is 17.0 Å². The fraction of sp³-hybridized carbons (Fsp3) is 0. The van der Waals surface area contributed by atoms with E-state index in [0.29, 0.717) is 16.4 Å². The molecule has 0 atom stereocenters. The van der Waals surface area contributed by atoms with Crippen LogP contribution in [0.25, 0.3) is 0 Å². The molecule has 1 aliphatic rings. The summed E-state index contributed by atoms with van der Waals surface area (Å²) >= 11 is 7.37. The minimum absolute atomic E-state index is 0.106. The number of rotatable bonds is 5. The first-order valence-electron chi connectivity index (χ1n) is 8.56. The summed E-state index contributed by atoms with van der Waals surface area (Å²) in [6.45, 7) is 0. The summed E-state index contributed by atoms with van der Waals surface area (Å²) in [7, 11) is 0. The van der Waals surface area contributed by atoms with Gasteiger partial charge in [-0.15, -0.1) is 11.3 Å². The molecule has 0 bridgehead atoms. The lowest BCUT2D eigenvalue weighted by molar-refractivity contribution is -0.120. The minimum atomic E-state index is -0.713. The van der Waals surface area contributed by atoms with Gasteiger partial charge in [0, 0.05) is 22.8 Å². The van der Waals surface area contributed by atoms with Crippen molar-refractivity contribution >= 4 is 57.2 Å². The molecular weight excluding hydrogens is 431 g/mol. The quantitative estimate of drug-likeness (QED) is 0.583. The van der Waals surface area contributed by atoms with Gasteiger partial charge in [-0.25, -0.2) is 14.3 Å². The first-order chi connectivity index (χ1) is 14.4. The van der Waals surface area contributed by atoms with Crippen molar-refractivity contribution in [1.29, 1.82) is 0 Å². The second-order valence-electron chi connectivity index (χ2n) is 6.10. The molecule has 0 unspecified atom stereocenters. The number of halogens is 2. The van der Waals surface area contributed by atoms with Crippen LogP contribution in [0.2, 0.25) is 0 Å². The number of nitrogens with one attached hydrogen (secondary N) is 2. The minimum Gasteiger partial charge on any atom is -0.350 e. The number of thiazole rings is 1. The zero-order valence-corrected chi connectivity index (χ0v) is 16.6. The van der Waals surface area contributed by atoms with Gasteiger partial charge in [-0.1, -0.05) is 11.6 Å². The summed E-state index contributed by atoms with van der Waals surface area (Å²) in [5.41, 5.74) is 0.940. The van der Waals surface area contributed by atoms with Crippen LogP contribution in [0, 0.1) is 5.82 Å². The summed E-state index contributed by atoms with van der Waals surface area (Å²) in [6.07, 6.45) is 1.58. The first-order valence-corrected chi connectivity index (χ1v) is 9.82. The summed E-state index contributed by atoms with van der Waals surface area (Å²) in [6, 6.07) is 11.2. The number of hydrogen-bond acceptors (Lipinski definition) is 6. The number of benzene rings is 2. The van der Waals surface area contributed by atoms with Crippen LogP contribution in [0.15, 0.2) is 70.8 Å². The Bertz CT molecular complexity index is 1160. The average Bonchev–Trinajstić information content (AvgIpc) is 3.32. The maximum atomic E-state index is 13.1. The highest BCUT2D eigenvalue weighted by Gasteiger charge is 2.38. The number of carbonyl (C=O) groups excluding carboxylic acids is 3. The number of aromatic nitrogens is 1. The van der Waals surface area contributed by atoms with Crippen molar-refractivity contribution in [2.45, 2.75) is 0 Å². The van der Waals surface area contributed by atoms with Gasteiger partial charge in [0.15, 0.2) is 5.13 Å². The summed E-state index contributed by atoms with van der Waals surface area (Å²) in [5, 5.41) is 7.42. The molecule has 150 valence electrons. The summed E-state index contributed by atoms with van der Waals surface area (Å²) in [5.74, 6) is -2.20. The third-order valence-electron chi connectivity index (χ3n) is 4.18. The fourth-order valence-electron chi connectivity index (χ4n) is 2.74. The summed E-state index contributed by atoms with van der Waals surface area (Å²) in [4.78, 5) is 42.2. The fourth-order valence-corrected chi connectivity index (χ4v) is 3.48. The molecule has 4 rings (SSSR count). The molecule has 2 heterocycles. The van der Waals surface area contributed by atoms with Gasteiger partial charge in [-0.05, 0) is 48.5 Å². The highest BCUT2D eigenvalue weighted by atomic mass is 35.5. The largest absolute Gasteiger partial charge is 0.350 e. The maximum Gasteiger partial charge on any atom is 0.283 e. The molecule has 0 saturated heterocycles. The third kappa shape index (κ3) is 3.80. The molecule has 1 aliphatic heterocycles. The Kier molecular flexibility index (Phi) is 5.30. The number of hydrogen-bond donors (Lipinski definition) is 2. The topological polar surface area (TPSA) is 91.4 Å². The molecule has 0 aliphatic carbocycles. The smallest absolute Gasteiger partial charge is 0.283 e. The lowest BCUT2D eigenvalue weighted by Gasteiger charge is -2.15. The molecule has 30 heavy (non-hydrogen) atoms. The predicted octanol–water partition coefficient (Wildman–Crippen LogP) is 3.97. The molecule has 3 aromatic rings. The van der Waals surface area contributed by atoms with Crippen LogP contribution in [0.3, 0.4) is 0 Å². The predicted molar refractivity (Wildman–Crippen MR) is 112 cm³/mol. The first kappa shape index (κ1) is 19.7. The molecule has 7 nitrogen and oxygen atoms in total. The monoisotopic (exact) mass is 442 g/mol. The maximum absolute atomic E-state index is 13.1. The molecule has 2 aromatic carbocycles. The Balaban J connectivity index is 1.49. The van der Waals surface area contributed by atoms with E-state index < -0.39 is 17.6 Å². The van der Waals surface area contributed by atoms with Gasteiger partial charge >= 0.3 is 0 Å². The number of nitrogens with zero attached hydrogens (tertiary/aromatic N) is 2. The van der Waals surface area contributed by atoms with E-state index in [4.69, 9.17) is 11.6 Å². The highest BCUT2D eigenvalue weighted by Crippen LogP contribution is 2.30. The Morgan fingerprint density at radius 2 is 1.73 bits per heavy atom. The van der Waals surface area contributed by atoms with Crippen molar-refractivity contribution in [3.05, 3.63) is 82.2 Å². The SMILES string of the molecule is O=C(Nc1nccs1)c1ccc(NC2=C(Cl)C(=O)N(c3ccc(F)cc3)C2=O)cc1. The number of carbonyl (C=O) groups is 3. The van der Waals surface area contributed by atoms with E-state index in [2.05, 4.69) is 15.6 Å². The van der Waals surface area contributed by atoms with Crippen molar-refractivity contribution < 1.29 is 18.8 Å². The number of amides is 3. The highest BCUT2D eigenvalue weighted by molar-refractivity contribution is 7.13. The van der Waals surface area contributed by atoms with Crippen LogP contribution in [0.5, 0.6) is 0 Å². The molecular formula is C20H12ClFN4O3S. The van der Waals surface area contributed by atoms with Gasteiger partial charge in [-0.2, -0.15) is 0 Å². The van der Waals surface area contributed by atoms with Crippen molar-refractivity contribution in [3.8, 4) is 0 Å². The molecule has 10 heteroatoms. The van der Waals surface area contributed by atoms with Gasteiger partial charge in [0.05, 0.1) is 5.69 Å². The molecule has 3 amide bonds.